The van der Waals surface area contributed by atoms with Crippen LogP contribution in [0.2, 0.25) is 0 Å². The standard InChI is InChI=1S/C13H26N2/c1-4-10(3)15(5-2)9-11-8-12-6-7-13(11)14-12/h10-14H,4-9H2,1-3H3. The van der Waals surface area contributed by atoms with Crippen molar-refractivity contribution in [3.8, 4) is 0 Å². The molecule has 1 N–H and O–H groups in total. The van der Waals surface area contributed by atoms with Gasteiger partial charge in [-0.25, -0.2) is 0 Å². The molecule has 0 spiro atoms. The normalized spacial score (nSPS) is 36.4. The monoisotopic (exact) mass is 210 g/mol. The molecule has 2 heterocycles. The topological polar surface area (TPSA) is 15.3 Å². The van der Waals surface area contributed by atoms with E-state index >= 15 is 0 Å². The second kappa shape index (κ2) is 4.84. The Morgan fingerprint density at radius 3 is 2.60 bits per heavy atom. The molecule has 2 heteroatoms. The van der Waals surface area contributed by atoms with Gasteiger partial charge in [0.05, 0.1) is 0 Å². The van der Waals surface area contributed by atoms with Crippen LogP contribution >= 0.6 is 0 Å². The molecule has 0 aromatic carbocycles. The predicted molar refractivity (Wildman–Crippen MR) is 65.1 cm³/mol. The minimum absolute atomic E-state index is 0.758. The minimum atomic E-state index is 0.758. The SMILES string of the molecule is CCC(C)N(CC)CC1CC2CCC1N2. The van der Waals surface area contributed by atoms with Crippen molar-refractivity contribution in [3.05, 3.63) is 0 Å². The maximum absolute atomic E-state index is 3.74. The van der Waals surface area contributed by atoms with Gasteiger partial charge in [0, 0.05) is 24.7 Å². The Labute approximate surface area is 94.4 Å². The zero-order chi connectivity index (χ0) is 10.8. The molecule has 2 rings (SSSR count). The summed E-state index contributed by atoms with van der Waals surface area (Å²) < 4.78 is 0. The van der Waals surface area contributed by atoms with E-state index in [-0.39, 0.29) is 0 Å². The highest BCUT2D eigenvalue weighted by Gasteiger charge is 2.39. The molecule has 0 aliphatic carbocycles. The molecular weight excluding hydrogens is 184 g/mol. The molecule has 15 heavy (non-hydrogen) atoms. The first-order chi connectivity index (χ1) is 7.24. The summed E-state index contributed by atoms with van der Waals surface area (Å²) in [5.41, 5.74) is 0. The van der Waals surface area contributed by atoms with Gasteiger partial charge in [-0.05, 0) is 45.1 Å². The first kappa shape index (κ1) is 11.4. The maximum Gasteiger partial charge on any atom is 0.0111 e. The van der Waals surface area contributed by atoms with Crippen LogP contribution in [0.5, 0.6) is 0 Å². The second-order valence-corrected chi connectivity index (χ2v) is 5.39. The number of hydrogen-bond acceptors (Lipinski definition) is 2. The smallest absolute Gasteiger partial charge is 0.0111 e. The third-order valence-electron chi connectivity index (χ3n) is 4.52. The molecule has 2 nitrogen and oxygen atoms in total. The fourth-order valence-corrected chi connectivity index (χ4v) is 3.32. The molecule has 2 bridgehead atoms. The maximum atomic E-state index is 3.74. The zero-order valence-corrected chi connectivity index (χ0v) is 10.5. The second-order valence-electron chi connectivity index (χ2n) is 5.39. The van der Waals surface area contributed by atoms with Gasteiger partial charge in [0.2, 0.25) is 0 Å². The van der Waals surface area contributed by atoms with Crippen molar-refractivity contribution in [2.75, 3.05) is 13.1 Å². The molecule has 0 amide bonds. The van der Waals surface area contributed by atoms with E-state index in [1.807, 2.05) is 0 Å². The Morgan fingerprint density at radius 1 is 1.33 bits per heavy atom. The van der Waals surface area contributed by atoms with Crippen molar-refractivity contribution in [1.82, 2.24) is 10.2 Å². The highest BCUT2D eigenvalue weighted by molar-refractivity contribution is 4.98. The first-order valence-electron chi connectivity index (χ1n) is 6.74. The first-order valence-corrected chi connectivity index (χ1v) is 6.74. The summed E-state index contributed by atoms with van der Waals surface area (Å²) in [6.07, 6.45) is 5.56. The average Bonchev–Trinajstić information content (AvgIpc) is 2.86. The molecule has 0 aromatic rings. The highest BCUT2D eigenvalue weighted by atomic mass is 15.2. The lowest BCUT2D eigenvalue weighted by molar-refractivity contribution is 0.168. The van der Waals surface area contributed by atoms with E-state index in [0.717, 1.165) is 24.0 Å². The van der Waals surface area contributed by atoms with E-state index in [4.69, 9.17) is 0 Å². The van der Waals surface area contributed by atoms with Crippen molar-refractivity contribution >= 4 is 0 Å². The van der Waals surface area contributed by atoms with Crippen molar-refractivity contribution < 1.29 is 0 Å². The lowest BCUT2D eigenvalue weighted by Crippen LogP contribution is -2.39. The van der Waals surface area contributed by atoms with E-state index in [1.165, 1.54) is 38.8 Å². The molecule has 0 saturated carbocycles. The Bertz CT molecular complexity index is 205. The molecule has 88 valence electrons. The van der Waals surface area contributed by atoms with E-state index in [0.29, 0.717) is 0 Å². The Kier molecular flexibility index (Phi) is 3.68. The third kappa shape index (κ3) is 2.36. The van der Waals surface area contributed by atoms with Gasteiger partial charge >= 0.3 is 0 Å². The van der Waals surface area contributed by atoms with Gasteiger partial charge in [-0.2, -0.15) is 0 Å². The average molecular weight is 210 g/mol. The summed E-state index contributed by atoms with van der Waals surface area (Å²) in [7, 11) is 0. The zero-order valence-electron chi connectivity index (χ0n) is 10.5. The van der Waals surface area contributed by atoms with E-state index < -0.39 is 0 Å². The summed E-state index contributed by atoms with van der Waals surface area (Å²) in [4.78, 5) is 2.66. The summed E-state index contributed by atoms with van der Waals surface area (Å²) in [5.74, 6) is 0.928. The predicted octanol–water partition coefficient (Wildman–Crippen LogP) is 2.25. The number of nitrogens with zero attached hydrogens (tertiary/aromatic N) is 1. The van der Waals surface area contributed by atoms with Gasteiger partial charge in [-0.15, -0.1) is 0 Å². The quantitative estimate of drug-likeness (QED) is 0.749. The molecule has 2 fully saturated rings. The molecule has 4 atom stereocenters. The molecule has 0 radical (unpaired) electrons. The summed E-state index contributed by atoms with van der Waals surface area (Å²) in [5, 5.41) is 3.74. The third-order valence-corrected chi connectivity index (χ3v) is 4.52. The molecule has 0 aromatic heterocycles. The van der Waals surface area contributed by atoms with Crippen LogP contribution in [0.25, 0.3) is 0 Å². The Balaban J connectivity index is 1.84. The van der Waals surface area contributed by atoms with Crippen molar-refractivity contribution in [2.45, 2.75) is 64.6 Å². The van der Waals surface area contributed by atoms with Crippen LogP contribution < -0.4 is 5.32 Å². The van der Waals surface area contributed by atoms with Crippen LogP contribution in [0.3, 0.4) is 0 Å². The number of hydrogen-bond donors (Lipinski definition) is 1. The molecule has 2 aliphatic heterocycles. The largest absolute Gasteiger partial charge is 0.311 e. The van der Waals surface area contributed by atoms with E-state index in [2.05, 4.69) is 31.0 Å². The van der Waals surface area contributed by atoms with Crippen LogP contribution in [0, 0.1) is 5.92 Å². The van der Waals surface area contributed by atoms with Gasteiger partial charge in [0.15, 0.2) is 0 Å². The minimum Gasteiger partial charge on any atom is -0.311 e. The van der Waals surface area contributed by atoms with Crippen LogP contribution in [-0.4, -0.2) is 36.1 Å². The fraction of sp³-hybridized carbons (Fsp3) is 1.00. The Hall–Kier alpha value is -0.0800. The molecular formula is C13H26N2. The van der Waals surface area contributed by atoms with Gasteiger partial charge in [0.25, 0.3) is 0 Å². The highest BCUT2D eigenvalue weighted by Crippen LogP contribution is 2.33. The van der Waals surface area contributed by atoms with Crippen molar-refractivity contribution in [3.63, 3.8) is 0 Å². The van der Waals surface area contributed by atoms with E-state index in [1.54, 1.807) is 0 Å². The lowest BCUT2D eigenvalue weighted by Gasteiger charge is -2.32. The van der Waals surface area contributed by atoms with Gasteiger partial charge in [-0.1, -0.05) is 13.8 Å². The number of rotatable bonds is 5. The van der Waals surface area contributed by atoms with E-state index in [9.17, 15) is 0 Å². The van der Waals surface area contributed by atoms with Crippen LogP contribution in [0.15, 0.2) is 0 Å². The van der Waals surface area contributed by atoms with Gasteiger partial charge < -0.3 is 10.2 Å². The van der Waals surface area contributed by atoms with Crippen LogP contribution in [0.1, 0.15) is 46.5 Å². The fourth-order valence-electron chi connectivity index (χ4n) is 3.32. The van der Waals surface area contributed by atoms with Crippen molar-refractivity contribution in [2.24, 2.45) is 5.92 Å². The molecule has 2 aliphatic rings. The Morgan fingerprint density at radius 2 is 2.13 bits per heavy atom. The molecule has 2 saturated heterocycles. The summed E-state index contributed by atoms with van der Waals surface area (Å²) in [6.45, 7) is 9.49. The number of fused-ring (bicyclic) bond motifs is 2. The summed E-state index contributed by atoms with van der Waals surface area (Å²) in [6, 6.07) is 2.46. The summed E-state index contributed by atoms with van der Waals surface area (Å²) >= 11 is 0. The molecule has 4 unspecified atom stereocenters. The van der Waals surface area contributed by atoms with Gasteiger partial charge in [0.1, 0.15) is 0 Å². The number of nitrogens with one attached hydrogen (secondary N) is 1. The van der Waals surface area contributed by atoms with Gasteiger partial charge in [-0.3, -0.25) is 0 Å². The van der Waals surface area contributed by atoms with Crippen LogP contribution in [-0.2, 0) is 0 Å². The van der Waals surface area contributed by atoms with Crippen molar-refractivity contribution in [1.29, 1.82) is 0 Å². The van der Waals surface area contributed by atoms with Crippen LogP contribution in [0.4, 0.5) is 0 Å². The lowest BCUT2D eigenvalue weighted by atomic mass is 9.88.